The Balaban J connectivity index is 3.55. The Bertz CT molecular complexity index is 303. The lowest BCUT2D eigenvalue weighted by Gasteiger charge is -2.04. The number of hydrogen-bond donors (Lipinski definition) is 1. The van der Waals surface area contributed by atoms with E-state index in [1.165, 1.54) is 13.2 Å². The van der Waals surface area contributed by atoms with E-state index in [0.29, 0.717) is 18.6 Å². The molecular formula is C11H16O5. The predicted octanol–water partition coefficient (Wildman–Crippen LogP) is 1.50. The molecule has 0 saturated heterocycles. The van der Waals surface area contributed by atoms with Crippen LogP contribution in [-0.4, -0.2) is 30.3 Å². The molecule has 0 aliphatic carbocycles. The Morgan fingerprint density at radius 2 is 1.94 bits per heavy atom. The van der Waals surface area contributed by atoms with E-state index < -0.39 is 11.9 Å². The van der Waals surface area contributed by atoms with Gasteiger partial charge in [-0.1, -0.05) is 6.58 Å². The Morgan fingerprint density at radius 3 is 2.44 bits per heavy atom. The predicted molar refractivity (Wildman–Crippen MR) is 57.7 cm³/mol. The number of carbonyl (C=O) groups is 2. The molecule has 0 aliphatic rings. The Hall–Kier alpha value is -1.78. The normalized spacial score (nSPS) is 10.8. The SMILES string of the molecule is C=C(C)C(=O)OCCCOC=C(C)C(=O)O. The number of carboxylic acids is 1. The van der Waals surface area contributed by atoms with Crippen LogP contribution in [0.5, 0.6) is 0 Å². The Labute approximate surface area is 94.4 Å². The van der Waals surface area contributed by atoms with E-state index in [1.54, 1.807) is 6.92 Å². The number of carbonyl (C=O) groups excluding carboxylic acids is 1. The number of hydrogen-bond acceptors (Lipinski definition) is 4. The van der Waals surface area contributed by atoms with E-state index in [0.717, 1.165) is 0 Å². The van der Waals surface area contributed by atoms with Crippen molar-refractivity contribution in [3.63, 3.8) is 0 Å². The van der Waals surface area contributed by atoms with Crippen LogP contribution in [0.4, 0.5) is 0 Å². The largest absolute Gasteiger partial charge is 0.501 e. The first-order valence-corrected chi connectivity index (χ1v) is 4.79. The fourth-order valence-electron chi connectivity index (χ4n) is 0.665. The molecule has 0 fully saturated rings. The van der Waals surface area contributed by atoms with E-state index in [-0.39, 0.29) is 12.2 Å². The molecule has 0 bridgehead atoms. The highest BCUT2D eigenvalue weighted by atomic mass is 16.5. The summed E-state index contributed by atoms with van der Waals surface area (Å²) in [6.45, 7) is 6.96. The van der Waals surface area contributed by atoms with Crippen molar-refractivity contribution in [1.29, 1.82) is 0 Å². The maximum atomic E-state index is 10.9. The molecule has 0 aromatic rings. The topological polar surface area (TPSA) is 72.8 Å². The van der Waals surface area contributed by atoms with Gasteiger partial charge in [0, 0.05) is 12.0 Å². The maximum absolute atomic E-state index is 10.9. The van der Waals surface area contributed by atoms with E-state index in [1.807, 2.05) is 0 Å². The van der Waals surface area contributed by atoms with Crippen molar-refractivity contribution in [3.05, 3.63) is 24.0 Å². The lowest BCUT2D eigenvalue weighted by molar-refractivity contribution is -0.139. The molecule has 5 heteroatoms. The molecule has 0 aliphatic heterocycles. The molecule has 0 atom stereocenters. The van der Waals surface area contributed by atoms with Gasteiger partial charge in [0.2, 0.25) is 0 Å². The van der Waals surface area contributed by atoms with Gasteiger partial charge in [-0.25, -0.2) is 9.59 Å². The molecule has 0 radical (unpaired) electrons. The van der Waals surface area contributed by atoms with Crippen LogP contribution >= 0.6 is 0 Å². The van der Waals surface area contributed by atoms with Crippen molar-refractivity contribution in [1.82, 2.24) is 0 Å². The molecule has 0 saturated carbocycles. The van der Waals surface area contributed by atoms with Gasteiger partial charge in [0.1, 0.15) is 0 Å². The summed E-state index contributed by atoms with van der Waals surface area (Å²) in [5.74, 6) is -1.45. The van der Waals surface area contributed by atoms with Crippen LogP contribution in [0.1, 0.15) is 20.3 Å². The van der Waals surface area contributed by atoms with Crippen molar-refractivity contribution in [2.45, 2.75) is 20.3 Å². The maximum Gasteiger partial charge on any atom is 0.334 e. The fraction of sp³-hybridized carbons (Fsp3) is 0.455. The smallest absolute Gasteiger partial charge is 0.334 e. The molecule has 16 heavy (non-hydrogen) atoms. The number of rotatable bonds is 7. The minimum Gasteiger partial charge on any atom is -0.501 e. The average Bonchev–Trinajstić information content (AvgIpc) is 2.21. The van der Waals surface area contributed by atoms with Gasteiger partial charge in [0.15, 0.2) is 0 Å². The summed E-state index contributed by atoms with van der Waals surface area (Å²) in [6.07, 6.45) is 1.67. The van der Waals surface area contributed by atoms with E-state index in [4.69, 9.17) is 14.6 Å². The summed E-state index contributed by atoms with van der Waals surface area (Å²) in [4.78, 5) is 21.3. The molecule has 0 rings (SSSR count). The number of carboxylic acid groups (broad SMARTS) is 1. The van der Waals surface area contributed by atoms with Crippen LogP contribution in [-0.2, 0) is 19.1 Å². The summed E-state index contributed by atoms with van der Waals surface area (Å²) < 4.78 is 9.74. The molecule has 90 valence electrons. The number of aliphatic carboxylic acids is 1. The number of ether oxygens (including phenoxy) is 2. The van der Waals surface area contributed by atoms with Gasteiger partial charge in [0.05, 0.1) is 25.0 Å². The van der Waals surface area contributed by atoms with E-state index >= 15 is 0 Å². The van der Waals surface area contributed by atoms with Gasteiger partial charge in [0.25, 0.3) is 0 Å². The van der Waals surface area contributed by atoms with Crippen molar-refractivity contribution in [2.24, 2.45) is 0 Å². The van der Waals surface area contributed by atoms with Gasteiger partial charge >= 0.3 is 11.9 Å². The molecule has 0 aromatic carbocycles. The van der Waals surface area contributed by atoms with Crippen LogP contribution in [0, 0.1) is 0 Å². The third kappa shape index (κ3) is 6.64. The molecule has 1 N–H and O–H groups in total. The molecular weight excluding hydrogens is 212 g/mol. The molecule has 0 unspecified atom stereocenters. The first kappa shape index (κ1) is 14.2. The number of esters is 1. The van der Waals surface area contributed by atoms with Crippen molar-refractivity contribution >= 4 is 11.9 Å². The second kappa shape index (κ2) is 7.50. The van der Waals surface area contributed by atoms with Gasteiger partial charge < -0.3 is 14.6 Å². The zero-order valence-corrected chi connectivity index (χ0v) is 9.49. The van der Waals surface area contributed by atoms with Gasteiger partial charge in [-0.3, -0.25) is 0 Å². The highest BCUT2D eigenvalue weighted by molar-refractivity contribution is 5.86. The zero-order chi connectivity index (χ0) is 12.6. The van der Waals surface area contributed by atoms with Crippen molar-refractivity contribution in [3.8, 4) is 0 Å². The minimum atomic E-state index is -1.02. The summed E-state index contributed by atoms with van der Waals surface area (Å²) in [7, 11) is 0. The first-order valence-electron chi connectivity index (χ1n) is 4.79. The van der Waals surface area contributed by atoms with Gasteiger partial charge in [-0.05, 0) is 13.8 Å². The Kier molecular flexibility index (Phi) is 6.67. The highest BCUT2D eigenvalue weighted by Crippen LogP contribution is 1.96. The average molecular weight is 228 g/mol. The first-order chi connectivity index (χ1) is 7.45. The van der Waals surface area contributed by atoms with Crippen LogP contribution in [0.15, 0.2) is 24.0 Å². The quantitative estimate of drug-likeness (QED) is 0.309. The van der Waals surface area contributed by atoms with Crippen LogP contribution in [0.3, 0.4) is 0 Å². The third-order valence-corrected chi connectivity index (χ3v) is 1.59. The third-order valence-electron chi connectivity index (χ3n) is 1.59. The summed E-state index contributed by atoms with van der Waals surface area (Å²) in [5.41, 5.74) is 0.474. The zero-order valence-electron chi connectivity index (χ0n) is 9.49. The van der Waals surface area contributed by atoms with Crippen molar-refractivity contribution in [2.75, 3.05) is 13.2 Å². The molecule has 0 amide bonds. The van der Waals surface area contributed by atoms with Gasteiger partial charge in [-0.2, -0.15) is 0 Å². The standard InChI is InChI=1S/C11H16O5/c1-8(2)11(14)16-6-4-5-15-7-9(3)10(12)13/h7H,1,4-6H2,2-3H3,(H,12,13). The van der Waals surface area contributed by atoms with Crippen LogP contribution < -0.4 is 0 Å². The lowest BCUT2D eigenvalue weighted by Crippen LogP contribution is -2.07. The van der Waals surface area contributed by atoms with Crippen LogP contribution in [0.2, 0.25) is 0 Å². The molecule has 0 aromatic heterocycles. The van der Waals surface area contributed by atoms with Gasteiger partial charge in [-0.15, -0.1) is 0 Å². The molecule has 5 nitrogen and oxygen atoms in total. The van der Waals surface area contributed by atoms with Crippen molar-refractivity contribution < 1.29 is 24.2 Å². The lowest BCUT2D eigenvalue weighted by atomic mass is 10.3. The Morgan fingerprint density at radius 1 is 1.31 bits per heavy atom. The monoisotopic (exact) mass is 228 g/mol. The minimum absolute atomic E-state index is 0.124. The van der Waals surface area contributed by atoms with E-state index in [9.17, 15) is 9.59 Å². The molecule has 0 spiro atoms. The molecule has 0 heterocycles. The summed E-state index contributed by atoms with van der Waals surface area (Å²) >= 11 is 0. The van der Waals surface area contributed by atoms with Crippen LogP contribution in [0.25, 0.3) is 0 Å². The second-order valence-electron chi connectivity index (χ2n) is 3.25. The summed E-state index contributed by atoms with van der Waals surface area (Å²) in [5, 5.41) is 8.49. The fourth-order valence-corrected chi connectivity index (χ4v) is 0.665. The second-order valence-corrected chi connectivity index (χ2v) is 3.25. The highest BCUT2D eigenvalue weighted by Gasteiger charge is 2.02. The summed E-state index contributed by atoms with van der Waals surface area (Å²) in [6, 6.07) is 0. The van der Waals surface area contributed by atoms with E-state index in [2.05, 4.69) is 6.58 Å².